The van der Waals surface area contributed by atoms with Crippen molar-refractivity contribution in [2.75, 3.05) is 32.4 Å². The largest absolute Gasteiger partial charge is 0.355 e. The van der Waals surface area contributed by atoms with Crippen LogP contribution in [0.2, 0.25) is 0 Å². The standard InChI is InChI=1S/C19H29N3OS/c1-20-19(22-13-17-9-5-6-10-18(17)14-22)21-11-12-24(23)15-16-7-3-2-4-8-16/h2-4,7-8,17-18H,5-6,9-15H2,1H3,(H,20,21). The van der Waals surface area contributed by atoms with Crippen LogP contribution in [0.5, 0.6) is 0 Å². The van der Waals surface area contributed by atoms with Crippen LogP contribution < -0.4 is 5.32 Å². The molecular weight excluding hydrogens is 318 g/mol. The first-order valence-corrected chi connectivity index (χ1v) is 10.6. The third-order valence-electron chi connectivity index (χ3n) is 5.27. The van der Waals surface area contributed by atoms with E-state index in [0.29, 0.717) is 11.5 Å². The molecule has 0 spiro atoms. The van der Waals surface area contributed by atoms with Crippen LogP contribution in [0.4, 0.5) is 0 Å². The molecule has 132 valence electrons. The van der Waals surface area contributed by atoms with Gasteiger partial charge in [0.05, 0.1) is 0 Å². The van der Waals surface area contributed by atoms with Crippen LogP contribution in [0.1, 0.15) is 31.2 Å². The number of likely N-dealkylation sites (tertiary alicyclic amines) is 1. The Balaban J connectivity index is 1.42. The van der Waals surface area contributed by atoms with Gasteiger partial charge in [0.25, 0.3) is 0 Å². The fourth-order valence-corrected chi connectivity index (χ4v) is 5.06. The van der Waals surface area contributed by atoms with Crippen LogP contribution in [-0.4, -0.2) is 47.5 Å². The van der Waals surface area contributed by atoms with Crippen LogP contribution >= 0.6 is 0 Å². The number of hydrogen-bond acceptors (Lipinski definition) is 2. The zero-order valence-electron chi connectivity index (χ0n) is 14.6. The van der Waals surface area contributed by atoms with E-state index in [1.807, 2.05) is 37.4 Å². The topological polar surface area (TPSA) is 44.7 Å². The van der Waals surface area contributed by atoms with Gasteiger partial charge in [0.1, 0.15) is 0 Å². The van der Waals surface area contributed by atoms with Gasteiger partial charge in [0.15, 0.2) is 5.96 Å². The summed E-state index contributed by atoms with van der Waals surface area (Å²) < 4.78 is 12.2. The van der Waals surface area contributed by atoms with Gasteiger partial charge in [-0.05, 0) is 30.2 Å². The van der Waals surface area contributed by atoms with E-state index in [1.54, 1.807) is 0 Å². The molecule has 0 amide bonds. The Morgan fingerprint density at radius 3 is 2.50 bits per heavy atom. The van der Waals surface area contributed by atoms with Crippen LogP contribution in [0.3, 0.4) is 0 Å². The molecule has 24 heavy (non-hydrogen) atoms. The third-order valence-corrected chi connectivity index (χ3v) is 6.59. The Hall–Kier alpha value is -1.36. The average molecular weight is 348 g/mol. The summed E-state index contributed by atoms with van der Waals surface area (Å²) in [4.78, 5) is 6.84. The minimum Gasteiger partial charge on any atom is -0.355 e. The monoisotopic (exact) mass is 347 g/mol. The second-order valence-electron chi connectivity index (χ2n) is 6.96. The SMILES string of the molecule is CN=C(NCCS(=O)Cc1ccccc1)N1CC2CCCCC2C1. The van der Waals surface area contributed by atoms with E-state index < -0.39 is 10.8 Å². The Kier molecular flexibility index (Phi) is 6.30. The van der Waals surface area contributed by atoms with Crippen molar-refractivity contribution >= 4 is 16.8 Å². The van der Waals surface area contributed by atoms with Gasteiger partial charge in [0.2, 0.25) is 0 Å². The number of fused-ring (bicyclic) bond motifs is 1. The van der Waals surface area contributed by atoms with Crippen molar-refractivity contribution in [3.8, 4) is 0 Å². The molecule has 1 aliphatic heterocycles. The molecule has 1 heterocycles. The molecule has 5 heteroatoms. The van der Waals surface area contributed by atoms with Crippen LogP contribution in [0.25, 0.3) is 0 Å². The highest BCUT2D eigenvalue weighted by Gasteiger charge is 2.35. The highest BCUT2D eigenvalue weighted by atomic mass is 32.2. The summed E-state index contributed by atoms with van der Waals surface area (Å²) in [7, 11) is 1.02. The Morgan fingerprint density at radius 2 is 1.88 bits per heavy atom. The van der Waals surface area contributed by atoms with Gasteiger partial charge in [-0.2, -0.15) is 0 Å². The molecular formula is C19H29N3OS. The van der Waals surface area contributed by atoms with E-state index >= 15 is 0 Å². The predicted octanol–water partition coefficient (Wildman–Crippen LogP) is 2.63. The first-order chi connectivity index (χ1) is 11.8. The fourth-order valence-electron chi connectivity index (χ4n) is 4.02. The lowest BCUT2D eigenvalue weighted by atomic mass is 9.82. The molecule has 3 unspecified atom stereocenters. The molecule has 0 radical (unpaired) electrons. The van der Waals surface area contributed by atoms with E-state index in [4.69, 9.17) is 0 Å². The fraction of sp³-hybridized carbons (Fsp3) is 0.632. The maximum Gasteiger partial charge on any atom is 0.193 e. The molecule has 1 saturated heterocycles. The molecule has 2 aliphatic rings. The number of benzene rings is 1. The third kappa shape index (κ3) is 4.59. The number of rotatable bonds is 5. The van der Waals surface area contributed by atoms with Crippen molar-refractivity contribution in [3.63, 3.8) is 0 Å². The van der Waals surface area contributed by atoms with Crippen LogP contribution in [-0.2, 0) is 16.6 Å². The zero-order valence-corrected chi connectivity index (χ0v) is 15.4. The molecule has 3 atom stereocenters. The maximum atomic E-state index is 12.2. The molecule has 1 aliphatic carbocycles. The second kappa shape index (κ2) is 8.65. The summed E-state index contributed by atoms with van der Waals surface area (Å²) in [5.74, 6) is 3.99. The molecule has 1 N–H and O–H groups in total. The Morgan fingerprint density at radius 1 is 1.21 bits per heavy atom. The van der Waals surface area contributed by atoms with Gasteiger partial charge in [-0.15, -0.1) is 0 Å². The number of nitrogens with one attached hydrogen (secondary N) is 1. The summed E-state index contributed by atoms with van der Waals surface area (Å²) in [6.45, 7) is 2.99. The number of nitrogens with zero attached hydrogens (tertiary/aromatic N) is 2. The molecule has 1 saturated carbocycles. The molecule has 1 aromatic rings. The minimum absolute atomic E-state index is 0.634. The predicted molar refractivity (Wildman–Crippen MR) is 102 cm³/mol. The molecule has 0 bridgehead atoms. The van der Waals surface area contributed by atoms with Gasteiger partial charge < -0.3 is 10.2 Å². The van der Waals surface area contributed by atoms with E-state index in [1.165, 1.54) is 25.7 Å². The van der Waals surface area contributed by atoms with Crippen molar-refractivity contribution in [3.05, 3.63) is 35.9 Å². The van der Waals surface area contributed by atoms with Crippen molar-refractivity contribution in [1.29, 1.82) is 0 Å². The molecule has 0 aromatic heterocycles. The van der Waals surface area contributed by atoms with Crippen LogP contribution in [0.15, 0.2) is 35.3 Å². The molecule has 1 aromatic carbocycles. The lowest BCUT2D eigenvalue weighted by Crippen LogP contribution is -2.41. The average Bonchev–Trinajstić information content (AvgIpc) is 3.03. The van der Waals surface area contributed by atoms with E-state index in [-0.39, 0.29) is 0 Å². The van der Waals surface area contributed by atoms with Gasteiger partial charge in [0, 0.05) is 49.0 Å². The number of guanidine groups is 1. The summed E-state index contributed by atoms with van der Waals surface area (Å²) >= 11 is 0. The second-order valence-corrected chi connectivity index (χ2v) is 8.53. The summed E-state index contributed by atoms with van der Waals surface area (Å²) in [5.41, 5.74) is 1.14. The first-order valence-electron chi connectivity index (χ1n) is 9.11. The van der Waals surface area contributed by atoms with Crippen molar-refractivity contribution in [2.45, 2.75) is 31.4 Å². The van der Waals surface area contributed by atoms with Crippen LogP contribution in [0, 0.1) is 11.8 Å². The lowest BCUT2D eigenvalue weighted by Gasteiger charge is -2.22. The van der Waals surface area contributed by atoms with Gasteiger partial charge in [-0.25, -0.2) is 0 Å². The van der Waals surface area contributed by atoms with Crippen molar-refractivity contribution in [1.82, 2.24) is 10.2 Å². The zero-order chi connectivity index (χ0) is 16.8. The Bertz CT molecular complexity index is 561. The van der Waals surface area contributed by atoms with E-state index in [9.17, 15) is 4.21 Å². The minimum atomic E-state index is -0.834. The first kappa shape index (κ1) is 17.5. The lowest BCUT2D eigenvalue weighted by molar-refractivity contribution is 0.299. The van der Waals surface area contributed by atoms with Gasteiger partial charge in [-0.1, -0.05) is 43.2 Å². The number of hydrogen-bond donors (Lipinski definition) is 1. The normalized spacial score (nSPS) is 25.4. The van der Waals surface area contributed by atoms with Crippen molar-refractivity contribution < 1.29 is 4.21 Å². The van der Waals surface area contributed by atoms with Crippen molar-refractivity contribution in [2.24, 2.45) is 16.8 Å². The maximum absolute atomic E-state index is 12.2. The molecule has 2 fully saturated rings. The van der Waals surface area contributed by atoms with E-state index in [0.717, 1.165) is 43.0 Å². The summed E-state index contributed by atoms with van der Waals surface area (Å²) in [6.07, 6.45) is 5.53. The van der Waals surface area contributed by atoms with E-state index in [2.05, 4.69) is 15.2 Å². The quantitative estimate of drug-likeness (QED) is 0.658. The highest BCUT2D eigenvalue weighted by Crippen LogP contribution is 2.35. The summed E-state index contributed by atoms with van der Waals surface area (Å²) in [5, 5.41) is 3.42. The molecule has 4 nitrogen and oxygen atoms in total. The highest BCUT2D eigenvalue weighted by molar-refractivity contribution is 7.84. The molecule has 3 rings (SSSR count). The smallest absolute Gasteiger partial charge is 0.193 e. The van der Waals surface area contributed by atoms with Gasteiger partial charge >= 0.3 is 0 Å². The Labute approximate surface area is 148 Å². The van der Waals surface area contributed by atoms with Gasteiger partial charge in [-0.3, -0.25) is 9.20 Å². The summed E-state index contributed by atoms with van der Waals surface area (Å²) in [6, 6.07) is 10.1. The number of aliphatic imine (C=N–C) groups is 1.